The smallest absolute Gasteiger partial charge is 0.410 e. The van der Waals surface area contributed by atoms with Crippen LogP contribution in [0.4, 0.5) is 4.79 Å². The zero-order valence-electron chi connectivity index (χ0n) is 17.0. The highest BCUT2D eigenvalue weighted by atomic mass is 16.6. The SMILES string of the molecule is CCN(C(=O)CCC(=O)NCCNC(C)=O)C1CN(C(=O)OC(C)(C)C)C1. The lowest BCUT2D eigenvalue weighted by Gasteiger charge is -2.45. The number of nitrogens with zero attached hydrogens (tertiary/aromatic N) is 2. The maximum absolute atomic E-state index is 12.4. The van der Waals surface area contributed by atoms with E-state index in [1.807, 2.05) is 27.7 Å². The van der Waals surface area contributed by atoms with E-state index in [1.54, 1.807) is 9.80 Å². The Bertz CT molecular complexity index is 552. The third-order valence-electron chi connectivity index (χ3n) is 4.00. The van der Waals surface area contributed by atoms with E-state index in [4.69, 9.17) is 4.74 Å². The number of likely N-dealkylation sites (N-methyl/N-ethyl adjacent to an activating group) is 1. The summed E-state index contributed by atoms with van der Waals surface area (Å²) in [6.45, 7) is 10.8. The standard InChI is InChI=1S/C18H32N4O5/c1-6-22(14-11-21(12-14)17(26)27-18(3,4)5)16(25)8-7-15(24)20-10-9-19-13(2)23/h14H,6-12H2,1-5H3,(H,19,23)(H,20,24). The number of amides is 4. The van der Waals surface area contributed by atoms with Crippen LogP contribution in [0.1, 0.15) is 47.5 Å². The largest absolute Gasteiger partial charge is 0.444 e. The molecule has 0 atom stereocenters. The van der Waals surface area contributed by atoms with Crippen molar-refractivity contribution in [1.82, 2.24) is 20.4 Å². The van der Waals surface area contributed by atoms with Crippen LogP contribution in [0.15, 0.2) is 0 Å². The van der Waals surface area contributed by atoms with Gasteiger partial charge in [0.05, 0.1) is 6.04 Å². The van der Waals surface area contributed by atoms with Crippen LogP contribution in [0.5, 0.6) is 0 Å². The van der Waals surface area contributed by atoms with Gasteiger partial charge in [0, 0.05) is 52.5 Å². The topological polar surface area (TPSA) is 108 Å². The van der Waals surface area contributed by atoms with E-state index in [0.29, 0.717) is 32.7 Å². The molecule has 1 aliphatic rings. The summed E-state index contributed by atoms with van der Waals surface area (Å²) in [5.41, 5.74) is -0.546. The summed E-state index contributed by atoms with van der Waals surface area (Å²) >= 11 is 0. The molecule has 154 valence electrons. The van der Waals surface area contributed by atoms with Gasteiger partial charge >= 0.3 is 6.09 Å². The predicted molar refractivity (Wildman–Crippen MR) is 99.9 cm³/mol. The lowest BCUT2D eigenvalue weighted by atomic mass is 10.1. The maximum atomic E-state index is 12.4. The lowest BCUT2D eigenvalue weighted by molar-refractivity contribution is -0.138. The van der Waals surface area contributed by atoms with Crippen molar-refractivity contribution >= 4 is 23.8 Å². The average molecular weight is 384 g/mol. The Morgan fingerprint density at radius 2 is 1.67 bits per heavy atom. The van der Waals surface area contributed by atoms with Crippen molar-refractivity contribution in [3.63, 3.8) is 0 Å². The minimum absolute atomic E-state index is 0.0437. The molecular formula is C18H32N4O5. The van der Waals surface area contributed by atoms with E-state index in [-0.39, 0.29) is 42.7 Å². The summed E-state index contributed by atoms with van der Waals surface area (Å²) in [7, 11) is 0. The Hall–Kier alpha value is -2.32. The molecule has 2 N–H and O–H groups in total. The van der Waals surface area contributed by atoms with Crippen LogP contribution in [0.3, 0.4) is 0 Å². The van der Waals surface area contributed by atoms with Crippen LogP contribution in [0.25, 0.3) is 0 Å². The summed E-state index contributed by atoms with van der Waals surface area (Å²) in [6.07, 6.45) is -0.165. The average Bonchev–Trinajstić information content (AvgIpc) is 2.50. The Morgan fingerprint density at radius 1 is 1.07 bits per heavy atom. The van der Waals surface area contributed by atoms with E-state index >= 15 is 0 Å². The lowest BCUT2D eigenvalue weighted by Crippen LogP contribution is -2.62. The first-order valence-electron chi connectivity index (χ1n) is 9.32. The van der Waals surface area contributed by atoms with E-state index in [0.717, 1.165) is 0 Å². The summed E-state index contributed by atoms with van der Waals surface area (Å²) < 4.78 is 5.31. The van der Waals surface area contributed by atoms with E-state index < -0.39 is 5.60 Å². The molecule has 0 aromatic heterocycles. The molecule has 1 heterocycles. The van der Waals surface area contributed by atoms with Gasteiger partial charge in [-0.1, -0.05) is 0 Å². The second kappa shape index (κ2) is 10.1. The van der Waals surface area contributed by atoms with Gasteiger partial charge in [-0.15, -0.1) is 0 Å². The Morgan fingerprint density at radius 3 is 2.19 bits per heavy atom. The molecule has 9 heteroatoms. The van der Waals surface area contributed by atoms with Crippen molar-refractivity contribution in [2.75, 3.05) is 32.7 Å². The normalized spacial score (nSPS) is 14.2. The molecule has 0 saturated carbocycles. The van der Waals surface area contributed by atoms with Gasteiger partial charge < -0.3 is 25.2 Å². The van der Waals surface area contributed by atoms with Gasteiger partial charge in [0.1, 0.15) is 5.60 Å². The first-order valence-corrected chi connectivity index (χ1v) is 9.32. The molecule has 0 aromatic rings. The van der Waals surface area contributed by atoms with Crippen molar-refractivity contribution in [3.8, 4) is 0 Å². The van der Waals surface area contributed by atoms with Gasteiger partial charge in [-0.3, -0.25) is 14.4 Å². The number of nitrogens with one attached hydrogen (secondary N) is 2. The fourth-order valence-electron chi connectivity index (χ4n) is 2.66. The van der Waals surface area contributed by atoms with Gasteiger partial charge in [-0.05, 0) is 27.7 Å². The minimum Gasteiger partial charge on any atom is -0.444 e. The van der Waals surface area contributed by atoms with Crippen molar-refractivity contribution in [1.29, 1.82) is 0 Å². The highest BCUT2D eigenvalue weighted by Crippen LogP contribution is 2.19. The number of rotatable bonds is 8. The zero-order chi connectivity index (χ0) is 20.6. The van der Waals surface area contributed by atoms with Gasteiger partial charge in [0.15, 0.2) is 0 Å². The summed E-state index contributed by atoms with van der Waals surface area (Å²) in [5.74, 6) is -0.490. The van der Waals surface area contributed by atoms with Crippen LogP contribution in [0, 0.1) is 0 Å². The second-order valence-electron chi connectivity index (χ2n) is 7.55. The fourth-order valence-corrected chi connectivity index (χ4v) is 2.66. The molecule has 0 radical (unpaired) electrons. The molecule has 0 spiro atoms. The van der Waals surface area contributed by atoms with E-state index in [2.05, 4.69) is 10.6 Å². The number of ether oxygens (including phenoxy) is 1. The van der Waals surface area contributed by atoms with Gasteiger partial charge in [0.25, 0.3) is 0 Å². The summed E-state index contributed by atoms with van der Waals surface area (Å²) in [5, 5.41) is 5.24. The fraction of sp³-hybridized carbons (Fsp3) is 0.778. The number of carbonyl (C=O) groups is 4. The van der Waals surface area contributed by atoms with Gasteiger partial charge in [-0.2, -0.15) is 0 Å². The Balaban J connectivity index is 2.32. The van der Waals surface area contributed by atoms with Crippen LogP contribution in [-0.4, -0.2) is 78.0 Å². The van der Waals surface area contributed by atoms with Crippen molar-refractivity contribution in [2.24, 2.45) is 0 Å². The molecule has 1 rings (SSSR count). The molecule has 4 amide bonds. The molecule has 9 nitrogen and oxygen atoms in total. The number of hydrogen-bond acceptors (Lipinski definition) is 5. The van der Waals surface area contributed by atoms with E-state index in [1.165, 1.54) is 6.92 Å². The number of hydrogen-bond donors (Lipinski definition) is 2. The molecule has 27 heavy (non-hydrogen) atoms. The maximum Gasteiger partial charge on any atom is 0.410 e. The first-order chi connectivity index (χ1) is 12.5. The quantitative estimate of drug-likeness (QED) is 0.592. The number of carbonyl (C=O) groups excluding carboxylic acids is 4. The van der Waals surface area contributed by atoms with Gasteiger partial charge in [-0.25, -0.2) is 4.79 Å². The molecule has 0 aliphatic carbocycles. The second-order valence-corrected chi connectivity index (χ2v) is 7.55. The van der Waals surface area contributed by atoms with Gasteiger partial charge in [0.2, 0.25) is 17.7 Å². The third kappa shape index (κ3) is 8.27. The van der Waals surface area contributed by atoms with Crippen molar-refractivity contribution < 1.29 is 23.9 Å². The third-order valence-corrected chi connectivity index (χ3v) is 4.00. The summed E-state index contributed by atoms with van der Waals surface area (Å²) in [4.78, 5) is 50.1. The predicted octanol–water partition coefficient (Wildman–Crippen LogP) is 0.487. The highest BCUT2D eigenvalue weighted by molar-refractivity contribution is 5.84. The molecular weight excluding hydrogens is 352 g/mol. The zero-order valence-corrected chi connectivity index (χ0v) is 17.0. The Kier molecular flexibility index (Phi) is 8.52. The summed E-state index contributed by atoms with van der Waals surface area (Å²) in [6, 6.07) is -0.0437. The molecule has 0 aromatic carbocycles. The first kappa shape index (κ1) is 22.7. The highest BCUT2D eigenvalue weighted by Gasteiger charge is 2.38. The van der Waals surface area contributed by atoms with Crippen molar-refractivity contribution in [3.05, 3.63) is 0 Å². The van der Waals surface area contributed by atoms with Crippen molar-refractivity contribution in [2.45, 2.75) is 59.1 Å². The molecule has 0 unspecified atom stereocenters. The monoisotopic (exact) mass is 384 g/mol. The Labute approximate surface area is 160 Å². The van der Waals surface area contributed by atoms with Crippen LogP contribution in [-0.2, 0) is 19.1 Å². The molecule has 1 fully saturated rings. The van der Waals surface area contributed by atoms with E-state index in [9.17, 15) is 19.2 Å². The molecule has 1 aliphatic heterocycles. The van der Waals surface area contributed by atoms with Crippen LogP contribution in [0.2, 0.25) is 0 Å². The molecule has 0 bridgehead atoms. The number of likely N-dealkylation sites (tertiary alicyclic amines) is 1. The van der Waals surface area contributed by atoms with Crippen LogP contribution < -0.4 is 10.6 Å². The molecule has 1 saturated heterocycles. The van der Waals surface area contributed by atoms with Crippen LogP contribution >= 0.6 is 0 Å². The minimum atomic E-state index is -0.546.